The number of carbonyl (C=O) groups is 1. The number of amides is 1. The van der Waals surface area contributed by atoms with Crippen LogP contribution in [0, 0.1) is 5.41 Å². The molecule has 6 heteroatoms. The fourth-order valence-electron chi connectivity index (χ4n) is 2.56. The summed E-state index contributed by atoms with van der Waals surface area (Å²) in [5, 5.41) is 20.7. The first-order chi connectivity index (χ1) is 9.56. The van der Waals surface area contributed by atoms with Gasteiger partial charge in [0.15, 0.2) is 5.69 Å². The molecule has 110 valence electrons. The lowest BCUT2D eigenvalue weighted by molar-refractivity contribution is 0.0821. The van der Waals surface area contributed by atoms with Gasteiger partial charge < -0.3 is 15.3 Å². The fourth-order valence-corrected chi connectivity index (χ4v) is 2.56. The summed E-state index contributed by atoms with van der Waals surface area (Å²) in [7, 11) is 3.36. The molecule has 2 N–H and O–H groups in total. The van der Waals surface area contributed by atoms with E-state index in [9.17, 15) is 9.90 Å². The largest absolute Gasteiger partial charge is 0.396 e. The highest BCUT2D eigenvalue weighted by molar-refractivity contribution is 5.91. The molecule has 0 spiro atoms. The molecule has 20 heavy (non-hydrogen) atoms. The molecular weight excluding hydrogens is 256 g/mol. The van der Waals surface area contributed by atoms with E-state index in [-0.39, 0.29) is 17.9 Å². The minimum Gasteiger partial charge on any atom is -0.396 e. The Morgan fingerprint density at radius 1 is 1.35 bits per heavy atom. The molecule has 0 aliphatic heterocycles. The van der Waals surface area contributed by atoms with Crippen LogP contribution >= 0.6 is 0 Å². The van der Waals surface area contributed by atoms with Crippen molar-refractivity contribution in [3.8, 4) is 0 Å². The first-order valence-corrected chi connectivity index (χ1v) is 6.96. The average molecular weight is 278 g/mol. The third kappa shape index (κ3) is 3.25. The van der Waals surface area contributed by atoms with E-state index in [2.05, 4.69) is 15.5 Å². The van der Waals surface area contributed by atoms with Gasteiger partial charge in [-0.05, 0) is 25.0 Å². The predicted molar refractivity (Wildman–Crippen MR) is 76.5 cm³/mol. The highest BCUT2D eigenvalue weighted by Gasteiger charge is 2.32. The Morgan fingerprint density at radius 3 is 2.55 bits per heavy atom. The number of rotatable bonds is 5. The van der Waals surface area contributed by atoms with Gasteiger partial charge in [-0.15, -0.1) is 10.2 Å². The predicted octanol–water partition coefficient (Wildman–Crippen LogP) is 1.14. The molecule has 1 aliphatic carbocycles. The minimum atomic E-state index is -0.160. The maximum absolute atomic E-state index is 11.7. The third-order valence-corrected chi connectivity index (χ3v) is 3.93. The molecule has 0 radical (unpaired) electrons. The maximum atomic E-state index is 11.7. The molecule has 1 fully saturated rings. The van der Waals surface area contributed by atoms with Gasteiger partial charge in [-0.25, -0.2) is 0 Å². The Labute approximate surface area is 119 Å². The molecule has 0 unspecified atom stereocenters. The van der Waals surface area contributed by atoms with Crippen LogP contribution in [0.2, 0.25) is 0 Å². The molecule has 1 amide bonds. The van der Waals surface area contributed by atoms with E-state index in [0.717, 1.165) is 12.8 Å². The van der Waals surface area contributed by atoms with Crippen molar-refractivity contribution in [2.24, 2.45) is 5.41 Å². The van der Waals surface area contributed by atoms with Crippen molar-refractivity contribution in [3.63, 3.8) is 0 Å². The van der Waals surface area contributed by atoms with E-state index < -0.39 is 0 Å². The van der Waals surface area contributed by atoms with Crippen LogP contribution < -0.4 is 5.32 Å². The van der Waals surface area contributed by atoms with Gasteiger partial charge in [0.05, 0.1) is 6.61 Å². The van der Waals surface area contributed by atoms with E-state index in [4.69, 9.17) is 0 Å². The Balaban J connectivity index is 1.95. The molecule has 1 aliphatic rings. The van der Waals surface area contributed by atoms with Crippen molar-refractivity contribution in [1.82, 2.24) is 15.1 Å². The molecule has 0 atom stereocenters. The third-order valence-electron chi connectivity index (χ3n) is 3.93. The summed E-state index contributed by atoms with van der Waals surface area (Å²) in [6.07, 6.45) is 4.43. The second kappa shape index (κ2) is 6.17. The molecule has 1 saturated carbocycles. The van der Waals surface area contributed by atoms with Gasteiger partial charge in [-0.2, -0.15) is 0 Å². The molecule has 0 saturated heterocycles. The number of hydrogen-bond donors (Lipinski definition) is 2. The number of carbonyl (C=O) groups excluding carboxylic acids is 1. The summed E-state index contributed by atoms with van der Waals surface area (Å²) in [5.41, 5.74) is 0.304. The zero-order valence-electron chi connectivity index (χ0n) is 12.1. The van der Waals surface area contributed by atoms with E-state index in [1.54, 1.807) is 26.2 Å². The molecule has 1 heterocycles. The number of aliphatic hydroxyl groups excluding tert-OH is 1. The molecule has 2 rings (SSSR count). The zero-order valence-corrected chi connectivity index (χ0v) is 12.1. The van der Waals surface area contributed by atoms with Crippen LogP contribution in [0.25, 0.3) is 0 Å². The Kier molecular flexibility index (Phi) is 4.54. The lowest BCUT2D eigenvalue weighted by Crippen LogP contribution is -2.31. The molecule has 1 aromatic rings. The smallest absolute Gasteiger partial charge is 0.273 e. The summed E-state index contributed by atoms with van der Waals surface area (Å²) < 4.78 is 0. The van der Waals surface area contributed by atoms with Crippen molar-refractivity contribution in [1.29, 1.82) is 0 Å². The number of nitrogens with zero attached hydrogens (tertiary/aromatic N) is 3. The van der Waals surface area contributed by atoms with Gasteiger partial charge in [0.25, 0.3) is 5.91 Å². The monoisotopic (exact) mass is 278 g/mol. The first kappa shape index (κ1) is 14.7. The van der Waals surface area contributed by atoms with Crippen LogP contribution in [-0.2, 0) is 0 Å². The van der Waals surface area contributed by atoms with Crippen LogP contribution in [0.4, 0.5) is 5.82 Å². The van der Waals surface area contributed by atoms with Gasteiger partial charge in [0.1, 0.15) is 5.82 Å². The maximum Gasteiger partial charge on any atom is 0.273 e. The summed E-state index contributed by atoms with van der Waals surface area (Å²) in [5.74, 6) is 0.478. The van der Waals surface area contributed by atoms with E-state index >= 15 is 0 Å². The number of anilines is 1. The van der Waals surface area contributed by atoms with Crippen molar-refractivity contribution in [2.45, 2.75) is 25.7 Å². The van der Waals surface area contributed by atoms with Crippen LogP contribution in [0.3, 0.4) is 0 Å². The van der Waals surface area contributed by atoms with Crippen LogP contribution in [0.15, 0.2) is 12.1 Å². The van der Waals surface area contributed by atoms with Gasteiger partial charge in [0, 0.05) is 26.1 Å². The van der Waals surface area contributed by atoms with E-state index in [0.29, 0.717) is 18.1 Å². The highest BCUT2D eigenvalue weighted by atomic mass is 16.3. The standard InChI is InChI=1S/C14H22N4O2/c1-18(2)13(20)11-5-6-12(17-16-11)15-9-14(10-19)7-3-4-8-14/h5-6,19H,3-4,7-10H2,1-2H3,(H,15,17). The molecule has 0 aromatic carbocycles. The van der Waals surface area contributed by atoms with Gasteiger partial charge in [0.2, 0.25) is 0 Å². The molecular formula is C14H22N4O2. The quantitative estimate of drug-likeness (QED) is 0.844. The summed E-state index contributed by atoms with van der Waals surface area (Å²) in [6, 6.07) is 3.42. The zero-order chi connectivity index (χ0) is 14.6. The van der Waals surface area contributed by atoms with Crippen LogP contribution in [-0.4, -0.2) is 53.4 Å². The van der Waals surface area contributed by atoms with Crippen molar-refractivity contribution in [3.05, 3.63) is 17.8 Å². The van der Waals surface area contributed by atoms with Crippen molar-refractivity contribution >= 4 is 11.7 Å². The lowest BCUT2D eigenvalue weighted by Gasteiger charge is -2.26. The van der Waals surface area contributed by atoms with Gasteiger partial charge >= 0.3 is 0 Å². The van der Waals surface area contributed by atoms with Crippen molar-refractivity contribution < 1.29 is 9.90 Å². The van der Waals surface area contributed by atoms with Gasteiger partial charge in [-0.3, -0.25) is 4.79 Å². The SMILES string of the molecule is CN(C)C(=O)c1ccc(NCC2(CO)CCCC2)nn1. The topological polar surface area (TPSA) is 78.4 Å². The number of aromatic nitrogens is 2. The number of nitrogens with one attached hydrogen (secondary N) is 1. The Hall–Kier alpha value is -1.69. The number of hydrogen-bond acceptors (Lipinski definition) is 5. The molecule has 0 bridgehead atoms. The van der Waals surface area contributed by atoms with Crippen molar-refractivity contribution in [2.75, 3.05) is 32.6 Å². The Bertz CT molecular complexity index is 453. The van der Waals surface area contributed by atoms with E-state index in [1.165, 1.54) is 17.7 Å². The number of aliphatic hydroxyl groups is 1. The first-order valence-electron chi connectivity index (χ1n) is 6.96. The van der Waals surface area contributed by atoms with Crippen LogP contribution in [0.5, 0.6) is 0 Å². The molecule has 6 nitrogen and oxygen atoms in total. The normalized spacial score (nSPS) is 16.9. The minimum absolute atomic E-state index is 0.0280. The molecule has 1 aromatic heterocycles. The Morgan fingerprint density at radius 2 is 2.05 bits per heavy atom. The van der Waals surface area contributed by atoms with Crippen LogP contribution in [0.1, 0.15) is 36.2 Å². The second-order valence-electron chi connectivity index (χ2n) is 5.72. The summed E-state index contributed by atoms with van der Waals surface area (Å²) in [4.78, 5) is 13.2. The van der Waals surface area contributed by atoms with E-state index in [1.807, 2.05) is 0 Å². The fraction of sp³-hybridized carbons (Fsp3) is 0.643. The summed E-state index contributed by atoms with van der Waals surface area (Å²) >= 11 is 0. The average Bonchev–Trinajstić information content (AvgIpc) is 2.94. The second-order valence-corrected chi connectivity index (χ2v) is 5.72. The summed E-state index contributed by atoms with van der Waals surface area (Å²) in [6.45, 7) is 0.893. The highest BCUT2D eigenvalue weighted by Crippen LogP contribution is 2.37. The lowest BCUT2D eigenvalue weighted by atomic mass is 9.87. The van der Waals surface area contributed by atoms with Gasteiger partial charge in [-0.1, -0.05) is 12.8 Å².